The van der Waals surface area contributed by atoms with Gasteiger partial charge in [0.15, 0.2) is 0 Å². The summed E-state index contributed by atoms with van der Waals surface area (Å²) in [6.07, 6.45) is 1.20. The van der Waals surface area contributed by atoms with Crippen LogP contribution in [0.2, 0.25) is 0 Å². The number of aliphatic hydroxyl groups is 1. The molecule has 4 aliphatic carbocycles. The minimum absolute atomic E-state index is 0.0526. The van der Waals surface area contributed by atoms with Crippen LogP contribution in [0.1, 0.15) is 38.5 Å². The second kappa shape index (κ2) is 3.22. The van der Waals surface area contributed by atoms with Gasteiger partial charge in [0, 0.05) is 11.2 Å². The van der Waals surface area contributed by atoms with E-state index < -0.39 is 11.1 Å². The topological polar surface area (TPSA) is 20.2 Å². The molecule has 1 spiro atoms. The molecule has 1 N–H and O–H groups in total. The molecule has 5 aliphatic rings. The second-order valence-corrected chi connectivity index (χ2v) is 8.46. The van der Waals surface area contributed by atoms with E-state index in [1.807, 2.05) is 0 Å². The lowest BCUT2D eigenvalue weighted by Gasteiger charge is -2.68. The van der Waals surface area contributed by atoms with Gasteiger partial charge in [0.05, 0.1) is 0 Å². The number of thioether (sulfide) groups is 1. The molecule has 4 saturated carbocycles. The molecule has 0 unspecified atom stereocenters. The highest BCUT2D eigenvalue weighted by Gasteiger charge is 2.74. The van der Waals surface area contributed by atoms with Crippen molar-refractivity contribution in [1.29, 1.82) is 0 Å². The molecule has 5 rings (SSSR count). The first kappa shape index (κ1) is 11.9. The minimum Gasteiger partial charge on any atom is -0.371 e. The normalized spacial score (nSPS) is 58.0. The van der Waals surface area contributed by atoms with Crippen LogP contribution in [0.25, 0.3) is 0 Å². The third kappa shape index (κ3) is 1.30. The van der Waals surface area contributed by atoms with Crippen molar-refractivity contribution >= 4 is 11.8 Å². The average molecular weight is 278 g/mol. The van der Waals surface area contributed by atoms with E-state index >= 15 is 0 Å². The zero-order valence-electron chi connectivity index (χ0n) is 10.0. The maximum Gasteiger partial charge on any atom is 0.426 e. The van der Waals surface area contributed by atoms with Crippen LogP contribution in [0.5, 0.6) is 0 Å². The Morgan fingerprint density at radius 2 is 1.39 bits per heavy atom. The Bertz CT molecular complexity index is 356. The third-order valence-electron chi connectivity index (χ3n) is 5.84. The van der Waals surface area contributed by atoms with Crippen LogP contribution in [0.3, 0.4) is 0 Å². The minimum atomic E-state index is -4.47. The Morgan fingerprint density at radius 3 is 1.78 bits per heavy atom. The maximum atomic E-state index is 12.8. The number of rotatable bonds is 0. The fourth-order valence-corrected chi connectivity index (χ4v) is 7.08. The lowest BCUT2D eigenvalue weighted by atomic mass is 9.50. The fraction of sp³-hybridized carbons (Fsp3) is 1.00. The average Bonchev–Trinajstić information content (AvgIpc) is 2.19. The smallest absolute Gasteiger partial charge is 0.371 e. The van der Waals surface area contributed by atoms with Crippen LogP contribution in [0.15, 0.2) is 0 Å². The zero-order chi connectivity index (χ0) is 12.8. The molecule has 1 nitrogen and oxygen atoms in total. The van der Waals surface area contributed by atoms with Gasteiger partial charge in [-0.25, -0.2) is 0 Å². The maximum absolute atomic E-state index is 12.8. The number of alkyl halides is 3. The molecule has 5 fully saturated rings. The molecular formula is C13H17F3OS. The Balaban J connectivity index is 1.61. The van der Waals surface area contributed by atoms with Gasteiger partial charge in [-0.2, -0.15) is 13.2 Å². The molecule has 0 radical (unpaired) electrons. The molecule has 0 aromatic carbocycles. The Kier molecular flexibility index (Phi) is 2.13. The Labute approximate surface area is 109 Å². The van der Waals surface area contributed by atoms with E-state index in [-0.39, 0.29) is 11.2 Å². The lowest BCUT2D eigenvalue weighted by molar-refractivity contribution is -0.240. The summed E-state index contributed by atoms with van der Waals surface area (Å²) in [6.45, 7) is 0. The van der Waals surface area contributed by atoms with Gasteiger partial charge in [-0.05, 0) is 55.8 Å². The van der Waals surface area contributed by atoms with Gasteiger partial charge in [-0.1, -0.05) is 0 Å². The first-order valence-electron chi connectivity index (χ1n) is 6.82. The van der Waals surface area contributed by atoms with Crippen molar-refractivity contribution in [2.45, 2.75) is 54.4 Å². The van der Waals surface area contributed by atoms with Crippen molar-refractivity contribution in [3.05, 3.63) is 0 Å². The summed E-state index contributed by atoms with van der Waals surface area (Å²) in [4.78, 5) is -2.46. The van der Waals surface area contributed by atoms with Crippen LogP contribution in [-0.4, -0.2) is 21.0 Å². The lowest BCUT2D eigenvalue weighted by Crippen LogP contribution is -2.68. The molecule has 102 valence electrons. The molecule has 18 heavy (non-hydrogen) atoms. The van der Waals surface area contributed by atoms with E-state index in [0.29, 0.717) is 11.8 Å². The molecule has 5 heteroatoms. The van der Waals surface area contributed by atoms with E-state index in [1.54, 1.807) is 0 Å². The summed E-state index contributed by atoms with van der Waals surface area (Å²) in [5.41, 5.74) is 0. The van der Waals surface area contributed by atoms with Gasteiger partial charge >= 0.3 is 6.18 Å². The summed E-state index contributed by atoms with van der Waals surface area (Å²) in [5.74, 6) is 2.39. The highest BCUT2D eigenvalue weighted by Crippen LogP contribution is 2.74. The van der Waals surface area contributed by atoms with Crippen molar-refractivity contribution in [2.24, 2.45) is 23.7 Å². The molecular weight excluding hydrogens is 261 g/mol. The van der Waals surface area contributed by atoms with Crippen LogP contribution >= 0.6 is 11.8 Å². The molecule has 1 atom stereocenters. The molecule has 0 aromatic heterocycles. The predicted molar refractivity (Wildman–Crippen MR) is 63.0 cm³/mol. The second-order valence-electron chi connectivity index (χ2n) is 6.82. The van der Waals surface area contributed by atoms with E-state index in [4.69, 9.17) is 0 Å². The number of hydrogen-bond donors (Lipinski definition) is 1. The van der Waals surface area contributed by atoms with Crippen molar-refractivity contribution in [1.82, 2.24) is 0 Å². The number of halogens is 3. The standard InChI is InChI=1S/C13H17F3OS/c14-13(15,16)12(17)6-11(18-12)9-2-7-1-8(4-9)5-10(11)3-7/h7-10,17H,1-6H2/t7?,8?,9?,10?,11?,12-/m1/s1. The largest absolute Gasteiger partial charge is 0.426 e. The fourth-order valence-electron chi connectivity index (χ4n) is 5.28. The van der Waals surface area contributed by atoms with E-state index in [2.05, 4.69) is 0 Å². The third-order valence-corrected chi connectivity index (χ3v) is 7.74. The van der Waals surface area contributed by atoms with Gasteiger partial charge < -0.3 is 5.11 Å². The highest BCUT2D eigenvalue weighted by molar-refractivity contribution is 8.03. The molecule has 1 aliphatic heterocycles. The van der Waals surface area contributed by atoms with E-state index in [1.165, 1.54) is 6.42 Å². The molecule has 1 saturated heterocycles. The van der Waals surface area contributed by atoms with Crippen molar-refractivity contribution in [3.8, 4) is 0 Å². The van der Waals surface area contributed by atoms with Gasteiger partial charge in [0.1, 0.15) is 0 Å². The molecule has 0 aromatic rings. The van der Waals surface area contributed by atoms with Gasteiger partial charge in [-0.15, -0.1) is 11.8 Å². The predicted octanol–water partition coefficient (Wildman–Crippen LogP) is 3.57. The van der Waals surface area contributed by atoms with E-state index in [9.17, 15) is 18.3 Å². The van der Waals surface area contributed by atoms with Gasteiger partial charge in [0.2, 0.25) is 4.93 Å². The quantitative estimate of drug-likeness (QED) is 0.731. The monoisotopic (exact) mass is 278 g/mol. The van der Waals surface area contributed by atoms with Gasteiger partial charge in [0.25, 0.3) is 0 Å². The first-order valence-corrected chi connectivity index (χ1v) is 7.63. The van der Waals surface area contributed by atoms with Crippen molar-refractivity contribution in [2.75, 3.05) is 0 Å². The molecule has 1 heterocycles. The van der Waals surface area contributed by atoms with Crippen LogP contribution < -0.4 is 0 Å². The summed E-state index contributed by atoms with van der Waals surface area (Å²) in [6, 6.07) is 0. The summed E-state index contributed by atoms with van der Waals surface area (Å²) >= 11 is 0.851. The first-order chi connectivity index (χ1) is 8.32. The van der Waals surface area contributed by atoms with Crippen LogP contribution in [0.4, 0.5) is 13.2 Å². The van der Waals surface area contributed by atoms with Crippen molar-refractivity contribution < 1.29 is 18.3 Å². The van der Waals surface area contributed by atoms with Gasteiger partial charge in [-0.3, -0.25) is 0 Å². The van der Waals surface area contributed by atoms with Crippen molar-refractivity contribution in [3.63, 3.8) is 0 Å². The highest BCUT2D eigenvalue weighted by atomic mass is 32.2. The summed E-state index contributed by atoms with van der Waals surface area (Å²) < 4.78 is 38.2. The van der Waals surface area contributed by atoms with E-state index in [0.717, 1.165) is 49.3 Å². The summed E-state index contributed by atoms with van der Waals surface area (Å²) in [7, 11) is 0. The Hall–Kier alpha value is 0.100. The number of hydrogen-bond acceptors (Lipinski definition) is 2. The SMILES string of the molecule is O[C@]1(C(F)(F)F)CC2(S1)C1CC3CC(C1)CC2C3. The van der Waals surface area contributed by atoms with Crippen LogP contribution in [-0.2, 0) is 0 Å². The van der Waals surface area contributed by atoms with Crippen LogP contribution in [0, 0.1) is 23.7 Å². The zero-order valence-corrected chi connectivity index (χ0v) is 10.9. The summed E-state index contributed by atoms with van der Waals surface area (Å²) in [5, 5.41) is 9.73. The molecule has 4 bridgehead atoms. The molecule has 0 amide bonds. The Morgan fingerprint density at radius 1 is 0.944 bits per heavy atom.